The van der Waals surface area contributed by atoms with Gasteiger partial charge < -0.3 is 20.3 Å². The number of likely N-dealkylation sites (tertiary alicyclic amines) is 1. The number of rotatable bonds is 10. The second-order valence-corrected chi connectivity index (χ2v) is 7.22. The van der Waals surface area contributed by atoms with Gasteiger partial charge in [0.25, 0.3) is 5.91 Å². The molecule has 2 rings (SSSR count). The largest absolute Gasteiger partial charge is 0.381 e. The number of guanidine groups is 1. The minimum atomic E-state index is 0.151. The van der Waals surface area contributed by atoms with E-state index in [4.69, 9.17) is 4.74 Å². The van der Waals surface area contributed by atoms with E-state index in [1.54, 1.807) is 7.05 Å². The van der Waals surface area contributed by atoms with Crippen molar-refractivity contribution in [2.45, 2.75) is 52.0 Å². The fraction of sp³-hybridized carbons (Fsp3) is 0.636. The van der Waals surface area contributed by atoms with Crippen molar-refractivity contribution in [2.75, 3.05) is 39.9 Å². The molecule has 0 saturated carbocycles. The van der Waals surface area contributed by atoms with E-state index >= 15 is 0 Å². The van der Waals surface area contributed by atoms with Crippen LogP contribution in [0.1, 0.15) is 61.4 Å². The van der Waals surface area contributed by atoms with Crippen molar-refractivity contribution < 1.29 is 9.53 Å². The normalized spacial score (nSPS) is 14.8. The standard InChI is InChI=1S/C22H36N4O2/c1-3-4-16-28-17-8-13-24-22(23-2)25-18-19-9-11-20(12-10-19)21(27)26-14-6-5-7-15-26/h9-12H,3-8,13-18H2,1-2H3,(H2,23,24,25). The molecule has 156 valence electrons. The van der Waals surface area contributed by atoms with Crippen LogP contribution >= 0.6 is 0 Å². The van der Waals surface area contributed by atoms with Crippen molar-refractivity contribution in [3.05, 3.63) is 35.4 Å². The van der Waals surface area contributed by atoms with Crippen LogP contribution in [-0.2, 0) is 11.3 Å². The van der Waals surface area contributed by atoms with Gasteiger partial charge in [0.2, 0.25) is 0 Å². The van der Waals surface area contributed by atoms with Gasteiger partial charge in [-0.3, -0.25) is 9.79 Å². The Balaban J connectivity index is 1.68. The molecular formula is C22H36N4O2. The number of unbranched alkanes of at least 4 members (excludes halogenated alkanes) is 1. The lowest BCUT2D eigenvalue weighted by Crippen LogP contribution is -2.37. The SMILES string of the molecule is CCCCOCCCNC(=NC)NCc1ccc(C(=O)N2CCCCC2)cc1. The number of amides is 1. The number of carbonyl (C=O) groups is 1. The summed E-state index contributed by atoms with van der Waals surface area (Å²) in [6.07, 6.45) is 6.71. The second-order valence-electron chi connectivity index (χ2n) is 7.22. The predicted octanol–water partition coefficient (Wildman–Crippen LogP) is 3.18. The highest BCUT2D eigenvalue weighted by atomic mass is 16.5. The van der Waals surface area contributed by atoms with E-state index in [1.807, 2.05) is 29.2 Å². The Hall–Kier alpha value is -2.08. The zero-order valence-corrected chi connectivity index (χ0v) is 17.5. The van der Waals surface area contributed by atoms with Crippen molar-refractivity contribution in [1.29, 1.82) is 0 Å². The van der Waals surface area contributed by atoms with Gasteiger partial charge >= 0.3 is 0 Å². The summed E-state index contributed by atoms with van der Waals surface area (Å²) in [5, 5.41) is 6.61. The number of piperidine rings is 1. The summed E-state index contributed by atoms with van der Waals surface area (Å²) in [6.45, 7) is 7.05. The number of aliphatic imine (C=N–C) groups is 1. The average molecular weight is 389 g/mol. The molecule has 0 radical (unpaired) electrons. The molecule has 0 bridgehead atoms. The summed E-state index contributed by atoms with van der Waals surface area (Å²) < 4.78 is 5.56. The molecule has 1 aliphatic rings. The second kappa shape index (κ2) is 13.2. The van der Waals surface area contributed by atoms with Gasteiger partial charge in [-0.15, -0.1) is 0 Å². The molecule has 6 heteroatoms. The predicted molar refractivity (Wildman–Crippen MR) is 115 cm³/mol. The van der Waals surface area contributed by atoms with Crippen LogP contribution in [0.5, 0.6) is 0 Å². The number of nitrogens with zero attached hydrogens (tertiary/aromatic N) is 2. The Bertz CT molecular complexity index is 595. The zero-order chi connectivity index (χ0) is 20.0. The third-order valence-electron chi connectivity index (χ3n) is 4.93. The molecule has 0 spiro atoms. The molecule has 1 heterocycles. The Morgan fingerprint density at radius 2 is 1.79 bits per heavy atom. The number of hydrogen-bond donors (Lipinski definition) is 2. The topological polar surface area (TPSA) is 66.0 Å². The molecule has 6 nitrogen and oxygen atoms in total. The third-order valence-corrected chi connectivity index (χ3v) is 4.93. The van der Waals surface area contributed by atoms with E-state index in [2.05, 4.69) is 22.5 Å². The Kier molecular flexibility index (Phi) is 10.4. The fourth-order valence-electron chi connectivity index (χ4n) is 3.18. The average Bonchev–Trinajstić information content (AvgIpc) is 2.75. The molecule has 1 amide bonds. The highest BCUT2D eigenvalue weighted by Gasteiger charge is 2.17. The maximum absolute atomic E-state index is 12.5. The smallest absolute Gasteiger partial charge is 0.253 e. The Morgan fingerprint density at radius 1 is 1.07 bits per heavy atom. The van der Waals surface area contributed by atoms with Gasteiger partial charge in [-0.1, -0.05) is 25.5 Å². The van der Waals surface area contributed by atoms with E-state index < -0.39 is 0 Å². The van der Waals surface area contributed by atoms with Crippen LogP contribution in [0.3, 0.4) is 0 Å². The number of nitrogens with one attached hydrogen (secondary N) is 2. The van der Waals surface area contributed by atoms with Crippen molar-refractivity contribution in [3.63, 3.8) is 0 Å². The van der Waals surface area contributed by atoms with Crippen LogP contribution in [-0.4, -0.2) is 56.7 Å². The first-order valence-corrected chi connectivity index (χ1v) is 10.6. The molecule has 0 atom stereocenters. The van der Waals surface area contributed by atoms with Gasteiger partial charge in [0, 0.05) is 52.0 Å². The highest BCUT2D eigenvalue weighted by molar-refractivity contribution is 5.94. The lowest BCUT2D eigenvalue weighted by atomic mass is 10.1. The lowest BCUT2D eigenvalue weighted by molar-refractivity contribution is 0.0724. The minimum Gasteiger partial charge on any atom is -0.381 e. The summed E-state index contributed by atoms with van der Waals surface area (Å²) >= 11 is 0. The van der Waals surface area contributed by atoms with Gasteiger partial charge in [0.05, 0.1) is 0 Å². The third kappa shape index (κ3) is 7.89. The molecular weight excluding hydrogens is 352 g/mol. The van der Waals surface area contributed by atoms with Gasteiger partial charge in [-0.05, 0) is 49.8 Å². The van der Waals surface area contributed by atoms with Crippen LogP contribution in [0.4, 0.5) is 0 Å². The monoisotopic (exact) mass is 388 g/mol. The summed E-state index contributed by atoms with van der Waals surface area (Å²) in [6, 6.07) is 7.88. The van der Waals surface area contributed by atoms with Gasteiger partial charge in [0.1, 0.15) is 0 Å². The molecule has 1 fully saturated rings. The molecule has 1 aliphatic heterocycles. The summed E-state index contributed by atoms with van der Waals surface area (Å²) in [5.41, 5.74) is 1.90. The molecule has 28 heavy (non-hydrogen) atoms. The zero-order valence-electron chi connectivity index (χ0n) is 17.5. The lowest BCUT2D eigenvalue weighted by Gasteiger charge is -2.26. The molecule has 2 N–H and O–H groups in total. The van der Waals surface area contributed by atoms with E-state index in [-0.39, 0.29) is 5.91 Å². The van der Waals surface area contributed by atoms with E-state index in [0.717, 1.165) is 75.6 Å². The first-order chi connectivity index (χ1) is 13.7. The Labute approximate surface area is 169 Å². The molecule has 0 aliphatic carbocycles. The van der Waals surface area contributed by atoms with Crippen LogP contribution in [0, 0.1) is 0 Å². The summed E-state index contributed by atoms with van der Waals surface area (Å²) in [4.78, 5) is 18.7. The fourth-order valence-corrected chi connectivity index (χ4v) is 3.18. The highest BCUT2D eigenvalue weighted by Crippen LogP contribution is 2.13. The molecule has 1 aromatic carbocycles. The van der Waals surface area contributed by atoms with Gasteiger partial charge in [0.15, 0.2) is 5.96 Å². The van der Waals surface area contributed by atoms with E-state index in [0.29, 0.717) is 6.54 Å². The maximum Gasteiger partial charge on any atom is 0.253 e. The van der Waals surface area contributed by atoms with E-state index in [1.165, 1.54) is 12.8 Å². The van der Waals surface area contributed by atoms with Crippen molar-refractivity contribution in [3.8, 4) is 0 Å². The van der Waals surface area contributed by atoms with Crippen LogP contribution in [0.2, 0.25) is 0 Å². The van der Waals surface area contributed by atoms with Crippen LogP contribution in [0.25, 0.3) is 0 Å². The first-order valence-electron chi connectivity index (χ1n) is 10.6. The first kappa shape index (κ1) is 22.2. The van der Waals surface area contributed by atoms with Crippen LogP contribution < -0.4 is 10.6 Å². The summed E-state index contributed by atoms with van der Waals surface area (Å²) in [7, 11) is 1.77. The van der Waals surface area contributed by atoms with Crippen molar-refractivity contribution >= 4 is 11.9 Å². The van der Waals surface area contributed by atoms with Gasteiger partial charge in [-0.2, -0.15) is 0 Å². The number of carbonyl (C=O) groups excluding carboxylic acids is 1. The molecule has 0 unspecified atom stereocenters. The van der Waals surface area contributed by atoms with E-state index in [9.17, 15) is 4.79 Å². The molecule has 0 aromatic heterocycles. The molecule has 1 aromatic rings. The van der Waals surface area contributed by atoms with Gasteiger partial charge in [-0.25, -0.2) is 0 Å². The summed E-state index contributed by atoms with van der Waals surface area (Å²) in [5.74, 6) is 0.930. The number of ether oxygens (including phenoxy) is 1. The minimum absolute atomic E-state index is 0.151. The number of benzene rings is 1. The van der Waals surface area contributed by atoms with Crippen molar-refractivity contribution in [2.24, 2.45) is 4.99 Å². The van der Waals surface area contributed by atoms with Crippen molar-refractivity contribution in [1.82, 2.24) is 15.5 Å². The maximum atomic E-state index is 12.5. The number of hydrogen-bond acceptors (Lipinski definition) is 3. The quantitative estimate of drug-likeness (QED) is 0.367. The Morgan fingerprint density at radius 3 is 2.46 bits per heavy atom. The van der Waals surface area contributed by atoms with Crippen LogP contribution in [0.15, 0.2) is 29.3 Å². The molecule has 1 saturated heterocycles.